The van der Waals surface area contributed by atoms with Gasteiger partial charge in [0.15, 0.2) is 0 Å². The summed E-state index contributed by atoms with van der Waals surface area (Å²) >= 11 is 5.43. The molecule has 0 saturated heterocycles. The zero-order valence-electron chi connectivity index (χ0n) is 6.02. The summed E-state index contributed by atoms with van der Waals surface area (Å²) in [5.74, 6) is 0. The molecular weight excluding hydrogens is 138 g/mol. The van der Waals surface area contributed by atoms with E-state index in [1.807, 2.05) is 20.8 Å². The maximum atomic E-state index is 5.43. The molecular formula is C6H12ClNO. The van der Waals surface area contributed by atoms with Gasteiger partial charge in [-0.1, -0.05) is 30.6 Å². The van der Waals surface area contributed by atoms with Crippen molar-refractivity contribution in [2.45, 2.75) is 33.3 Å². The van der Waals surface area contributed by atoms with Crippen molar-refractivity contribution >= 4 is 16.8 Å². The Balaban J connectivity index is 0.000000291. The monoisotopic (exact) mass is 149 g/mol. The number of halogens is 1. The third-order valence-electron chi connectivity index (χ3n) is 0.788. The average Bonchev–Trinajstić information content (AvgIpc) is 2.20. The highest BCUT2D eigenvalue weighted by Crippen LogP contribution is 2.10. The Morgan fingerprint density at radius 1 is 1.67 bits per heavy atom. The number of nitrogens with zero attached hydrogens (tertiary/aromatic N) is 1. The normalized spacial score (nSPS) is 23.6. The summed E-state index contributed by atoms with van der Waals surface area (Å²) in [5, 5.41) is 4.08. The van der Waals surface area contributed by atoms with E-state index in [-0.39, 0.29) is 6.10 Å². The third-order valence-corrected chi connectivity index (χ3v) is 1.01. The van der Waals surface area contributed by atoms with Crippen molar-refractivity contribution in [3.63, 3.8) is 0 Å². The van der Waals surface area contributed by atoms with E-state index in [2.05, 4.69) is 5.16 Å². The molecule has 1 unspecified atom stereocenters. The van der Waals surface area contributed by atoms with Gasteiger partial charge in [0.1, 0.15) is 11.3 Å². The number of hydrogen-bond donors (Lipinski definition) is 0. The van der Waals surface area contributed by atoms with Gasteiger partial charge in [0.2, 0.25) is 0 Å². The number of hydrogen-bond acceptors (Lipinski definition) is 2. The Morgan fingerprint density at radius 3 is 2.33 bits per heavy atom. The van der Waals surface area contributed by atoms with Crippen molar-refractivity contribution in [1.29, 1.82) is 0 Å². The molecule has 1 aliphatic heterocycles. The molecule has 2 nitrogen and oxygen atoms in total. The van der Waals surface area contributed by atoms with Crippen molar-refractivity contribution in [2.24, 2.45) is 5.16 Å². The summed E-state index contributed by atoms with van der Waals surface area (Å²) in [6.45, 7) is 5.93. The van der Waals surface area contributed by atoms with Crippen LogP contribution in [0.1, 0.15) is 27.2 Å². The van der Waals surface area contributed by atoms with Crippen LogP contribution in [0.25, 0.3) is 0 Å². The highest BCUT2D eigenvalue weighted by atomic mass is 35.5. The first kappa shape index (κ1) is 8.76. The summed E-state index contributed by atoms with van der Waals surface area (Å²) < 4.78 is 0. The van der Waals surface area contributed by atoms with Crippen LogP contribution in [0.3, 0.4) is 0 Å². The minimum atomic E-state index is 0.187. The third kappa shape index (κ3) is 3.36. The number of rotatable bonds is 0. The minimum Gasteiger partial charge on any atom is -0.391 e. The number of oxime groups is 1. The van der Waals surface area contributed by atoms with Gasteiger partial charge in [-0.25, -0.2) is 0 Å². The van der Waals surface area contributed by atoms with Crippen LogP contribution >= 0.6 is 11.6 Å². The molecule has 0 fully saturated rings. The molecule has 0 aliphatic carbocycles. The van der Waals surface area contributed by atoms with E-state index in [1.165, 1.54) is 0 Å². The molecule has 9 heavy (non-hydrogen) atoms. The lowest BCUT2D eigenvalue weighted by atomic mass is 10.3. The molecule has 0 saturated carbocycles. The largest absolute Gasteiger partial charge is 0.391 e. The van der Waals surface area contributed by atoms with E-state index in [1.54, 1.807) is 0 Å². The topological polar surface area (TPSA) is 21.6 Å². The maximum absolute atomic E-state index is 5.43. The Morgan fingerprint density at radius 2 is 2.22 bits per heavy atom. The van der Waals surface area contributed by atoms with Gasteiger partial charge < -0.3 is 4.84 Å². The second-order valence-corrected chi connectivity index (χ2v) is 2.02. The lowest BCUT2D eigenvalue weighted by molar-refractivity contribution is 0.0996. The van der Waals surface area contributed by atoms with Gasteiger partial charge in [0.05, 0.1) is 0 Å². The van der Waals surface area contributed by atoms with E-state index in [0.29, 0.717) is 5.17 Å². The van der Waals surface area contributed by atoms with Crippen LogP contribution in [0.4, 0.5) is 0 Å². The minimum absolute atomic E-state index is 0.187. The highest BCUT2D eigenvalue weighted by molar-refractivity contribution is 6.65. The van der Waals surface area contributed by atoms with Gasteiger partial charge in [-0.15, -0.1) is 0 Å². The average molecular weight is 150 g/mol. The second kappa shape index (κ2) is 4.62. The van der Waals surface area contributed by atoms with E-state index < -0.39 is 0 Å². The Bertz CT molecular complexity index is 103. The molecule has 0 amide bonds. The first-order chi connectivity index (χ1) is 4.29. The summed E-state index contributed by atoms with van der Waals surface area (Å²) in [4.78, 5) is 4.72. The first-order valence-corrected chi connectivity index (χ1v) is 3.55. The van der Waals surface area contributed by atoms with Gasteiger partial charge in [0.25, 0.3) is 0 Å². The Hall–Kier alpha value is -0.240. The van der Waals surface area contributed by atoms with Crippen molar-refractivity contribution in [3.05, 3.63) is 0 Å². The Labute approximate surface area is 60.8 Å². The lowest BCUT2D eigenvalue weighted by Gasteiger charge is -1.93. The fraction of sp³-hybridized carbons (Fsp3) is 0.833. The molecule has 0 spiro atoms. The molecule has 1 rings (SSSR count). The SMILES string of the molecule is CC.CC1CC(Cl)=NO1. The molecule has 1 heterocycles. The van der Waals surface area contributed by atoms with E-state index in [0.717, 1.165) is 6.42 Å². The van der Waals surface area contributed by atoms with Crippen LogP contribution < -0.4 is 0 Å². The lowest BCUT2D eigenvalue weighted by Crippen LogP contribution is -1.96. The van der Waals surface area contributed by atoms with Crippen LogP contribution in [0.15, 0.2) is 5.16 Å². The van der Waals surface area contributed by atoms with Crippen molar-refractivity contribution < 1.29 is 4.84 Å². The van der Waals surface area contributed by atoms with E-state index in [9.17, 15) is 0 Å². The van der Waals surface area contributed by atoms with Crippen molar-refractivity contribution in [2.75, 3.05) is 0 Å². The van der Waals surface area contributed by atoms with Crippen LogP contribution in [0.5, 0.6) is 0 Å². The van der Waals surface area contributed by atoms with Gasteiger partial charge in [0, 0.05) is 6.42 Å². The fourth-order valence-electron chi connectivity index (χ4n) is 0.459. The molecule has 3 heteroatoms. The molecule has 0 N–H and O–H groups in total. The Kier molecular flexibility index (Phi) is 4.50. The summed E-state index contributed by atoms with van der Waals surface area (Å²) in [7, 11) is 0. The summed E-state index contributed by atoms with van der Waals surface area (Å²) in [5.41, 5.74) is 0. The fourth-order valence-corrected chi connectivity index (χ4v) is 0.716. The van der Waals surface area contributed by atoms with E-state index in [4.69, 9.17) is 16.4 Å². The zero-order valence-corrected chi connectivity index (χ0v) is 6.77. The zero-order chi connectivity index (χ0) is 7.28. The van der Waals surface area contributed by atoms with Gasteiger partial charge >= 0.3 is 0 Å². The van der Waals surface area contributed by atoms with Crippen LogP contribution in [0.2, 0.25) is 0 Å². The maximum Gasteiger partial charge on any atom is 0.149 e. The summed E-state index contributed by atoms with van der Waals surface area (Å²) in [6.07, 6.45) is 0.953. The molecule has 0 radical (unpaired) electrons. The molecule has 0 aromatic carbocycles. The first-order valence-electron chi connectivity index (χ1n) is 3.17. The molecule has 1 atom stereocenters. The predicted molar refractivity (Wildman–Crippen MR) is 39.8 cm³/mol. The molecule has 54 valence electrons. The van der Waals surface area contributed by atoms with Gasteiger partial charge in [-0.3, -0.25) is 0 Å². The molecule has 0 aromatic rings. The van der Waals surface area contributed by atoms with Crippen LogP contribution in [-0.2, 0) is 4.84 Å². The van der Waals surface area contributed by atoms with Gasteiger partial charge in [-0.2, -0.15) is 0 Å². The van der Waals surface area contributed by atoms with Crippen LogP contribution in [0, 0.1) is 0 Å². The smallest absolute Gasteiger partial charge is 0.149 e. The standard InChI is InChI=1S/C4H6ClNO.C2H6/c1-3-2-4(5)6-7-3;1-2/h3H,2H2,1H3;1-2H3. The quantitative estimate of drug-likeness (QED) is 0.518. The summed E-state index contributed by atoms with van der Waals surface area (Å²) in [6, 6.07) is 0. The predicted octanol–water partition coefficient (Wildman–Crippen LogP) is 2.37. The molecule has 0 bridgehead atoms. The van der Waals surface area contributed by atoms with Gasteiger partial charge in [-0.05, 0) is 6.92 Å². The van der Waals surface area contributed by atoms with E-state index >= 15 is 0 Å². The van der Waals surface area contributed by atoms with Crippen molar-refractivity contribution in [3.8, 4) is 0 Å². The molecule has 1 aliphatic rings. The molecule has 0 aromatic heterocycles. The van der Waals surface area contributed by atoms with Crippen molar-refractivity contribution in [1.82, 2.24) is 0 Å². The second-order valence-electron chi connectivity index (χ2n) is 1.59. The van der Waals surface area contributed by atoms with Crippen LogP contribution in [-0.4, -0.2) is 11.3 Å². The highest BCUT2D eigenvalue weighted by Gasteiger charge is 2.12.